The highest BCUT2D eigenvalue weighted by atomic mass is 16.6. The number of fused-ring (bicyclic) bond motifs is 1. The van der Waals surface area contributed by atoms with Gasteiger partial charge < -0.3 is 43.8 Å². The minimum Gasteiger partial charge on any atom is -0.491 e. The summed E-state index contributed by atoms with van der Waals surface area (Å²) in [6, 6.07) is 20.4. The maximum Gasteiger partial charge on any atom is 0.417 e. The standard InChI is InChI=1S/C47H62N8O11/c1-34-19-20-49-45(52-34)55(46(59)66-47(2,3)4)22-9-8-12-42(56)50-33-43(57)53-40(32-44(58)60-5)36-15-13-35(14-16-36)37-17-18-41(39-11-7-6-10-38(37)39)65-31-30-64-29-28-63-27-26-62-25-24-61-23-21-51-54-48/h6-7,10-11,13-20,40H,8-9,12,21-33H2,1-5H3,(H,50,56)(H,53,57)/t40-/m0/s1. The second-order valence-electron chi connectivity index (χ2n) is 15.8. The minimum absolute atomic E-state index is 0.115. The molecule has 19 nitrogen and oxygen atoms in total. The topological polar surface area (TPSA) is 235 Å². The van der Waals surface area contributed by atoms with Crippen LogP contribution in [0.5, 0.6) is 5.75 Å². The van der Waals surface area contributed by atoms with Crippen LogP contribution in [0, 0.1) is 6.92 Å². The van der Waals surface area contributed by atoms with Crippen molar-refractivity contribution in [1.29, 1.82) is 0 Å². The number of aryl methyl sites for hydroxylation is 1. The first-order valence-corrected chi connectivity index (χ1v) is 21.9. The van der Waals surface area contributed by atoms with Crippen molar-refractivity contribution in [1.82, 2.24) is 20.6 Å². The summed E-state index contributed by atoms with van der Waals surface area (Å²) in [5.74, 6) is -0.390. The van der Waals surface area contributed by atoms with Gasteiger partial charge in [0.15, 0.2) is 0 Å². The molecule has 0 aliphatic heterocycles. The molecule has 0 aliphatic rings. The van der Waals surface area contributed by atoms with Gasteiger partial charge in [-0.25, -0.2) is 19.7 Å². The van der Waals surface area contributed by atoms with E-state index in [1.54, 1.807) is 40.0 Å². The van der Waals surface area contributed by atoms with Gasteiger partial charge in [-0.1, -0.05) is 59.7 Å². The van der Waals surface area contributed by atoms with Gasteiger partial charge in [0.1, 0.15) is 18.0 Å². The summed E-state index contributed by atoms with van der Waals surface area (Å²) in [6.07, 6.45) is 1.86. The molecule has 0 aliphatic carbocycles. The first-order valence-electron chi connectivity index (χ1n) is 21.9. The summed E-state index contributed by atoms with van der Waals surface area (Å²) in [6.45, 7) is 11.0. The number of unbranched alkanes of at least 4 members (excludes halogenated alkanes) is 1. The van der Waals surface area contributed by atoms with E-state index in [1.165, 1.54) is 12.0 Å². The number of nitrogens with zero attached hydrogens (tertiary/aromatic N) is 6. The maximum absolute atomic E-state index is 13.1. The average Bonchev–Trinajstić information content (AvgIpc) is 3.29. The van der Waals surface area contributed by atoms with Gasteiger partial charge in [0.25, 0.3) is 0 Å². The zero-order valence-electron chi connectivity index (χ0n) is 38.5. The first-order chi connectivity index (χ1) is 31.9. The van der Waals surface area contributed by atoms with Gasteiger partial charge in [0.2, 0.25) is 17.8 Å². The number of hydrogen-bond donors (Lipinski definition) is 2. The van der Waals surface area contributed by atoms with Crippen molar-refractivity contribution in [3.63, 3.8) is 0 Å². The molecule has 0 unspecified atom stereocenters. The van der Waals surface area contributed by atoms with Gasteiger partial charge in [-0.15, -0.1) is 0 Å². The van der Waals surface area contributed by atoms with Crippen molar-refractivity contribution in [2.75, 3.05) is 91.1 Å². The van der Waals surface area contributed by atoms with Gasteiger partial charge in [0.05, 0.1) is 79.0 Å². The van der Waals surface area contributed by atoms with Crippen LogP contribution >= 0.6 is 0 Å². The number of rotatable bonds is 29. The zero-order valence-corrected chi connectivity index (χ0v) is 38.5. The molecule has 3 aromatic carbocycles. The highest BCUT2D eigenvalue weighted by molar-refractivity contribution is 6.00. The van der Waals surface area contributed by atoms with E-state index in [2.05, 4.69) is 30.6 Å². The molecule has 2 N–H and O–H groups in total. The maximum atomic E-state index is 13.1. The van der Waals surface area contributed by atoms with Crippen LogP contribution in [-0.4, -0.2) is 126 Å². The second-order valence-corrected chi connectivity index (χ2v) is 15.8. The Labute approximate surface area is 385 Å². The molecule has 1 heterocycles. The third-order valence-corrected chi connectivity index (χ3v) is 9.56. The number of ether oxygens (including phenoxy) is 7. The fourth-order valence-corrected chi connectivity index (χ4v) is 6.39. The van der Waals surface area contributed by atoms with Crippen LogP contribution in [0.2, 0.25) is 0 Å². The van der Waals surface area contributed by atoms with E-state index in [1.807, 2.05) is 60.7 Å². The molecule has 4 rings (SSSR count). The van der Waals surface area contributed by atoms with Crippen LogP contribution in [0.25, 0.3) is 32.3 Å². The molecule has 0 bridgehead atoms. The van der Waals surface area contributed by atoms with E-state index in [4.69, 9.17) is 38.7 Å². The Bertz CT molecular complexity index is 2200. The molecule has 4 aromatic rings. The summed E-state index contributed by atoms with van der Waals surface area (Å²) < 4.78 is 38.5. The number of hydrogen-bond acceptors (Lipinski definition) is 14. The summed E-state index contributed by atoms with van der Waals surface area (Å²) in [7, 11) is 1.28. The predicted molar refractivity (Wildman–Crippen MR) is 247 cm³/mol. The number of anilines is 1. The third-order valence-electron chi connectivity index (χ3n) is 9.56. The number of carbonyl (C=O) groups excluding carboxylic acids is 4. The molecular formula is C47H62N8O11. The number of amides is 3. The van der Waals surface area contributed by atoms with Crippen LogP contribution < -0.4 is 20.3 Å². The van der Waals surface area contributed by atoms with E-state index in [9.17, 15) is 19.2 Å². The van der Waals surface area contributed by atoms with Crippen molar-refractivity contribution in [2.45, 2.75) is 65.0 Å². The summed E-state index contributed by atoms with van der Waals surface area (Å²) >= 11 is 0. The van der Waals surface area contributed by atoms with Crippen LogP contribution in [0.15, 0.2) is 78.0 Å². The molecule has 66 heavy (non-hydrogen) atoms. The Morgan fingerprint density at radius 3 is 2.09 bits per heavy atom. The van der Waals surface area contributed by atoms with Crippen molar-refractivity contribution in [2.24, 2.45) is 5.11 Å². The SMILES string of the molecule is COC(=O)C[C@H](NC(=O)CNC(=O)CCCCN(C(=O)OC(C)(C)C)c1nccc(C)n1)c1ccc(-c2ccc(OCCOCCOCCOCCOCCN=[N+]=[N-])c3ccccc23)cc1. The molecule has 356 valence electrons. The number of methoxy groups -OCH3 is 1. The number of aromatic nitrogens is 2. The monoisotopic (exact) mass is 914 g/mol. The molecule has 0 saturated heterocycles. The van der Waals surface area contributed by atoms with E-state index in [0.717, 1.165) is 27.6 Å². The Morgan fingerprint density at radius 2 is 1.45 bits per heavy atom. The second kappa shape index (κ2) is 28.5. The lowest BCUT2D eigenvalue weighted by Crippen LogP contribution is -2.39. The third kappa shape index (κ3) is 19.0. The van der Waals surface area contributed by atoms with Crippen molar-refractivity contribution in [3.05, 3.63) is 94.6 Å². The lowest BCUT2D eigenvalue weighted by molar-refractivity contribution is -0.141. The molecular weight excluding hydrogens is 853 g/mol. The van der Waals surface area contributed by atoms with E-state index in [0.29, 0.717) is 90.1 Å². The first kappa shape index (κ1) is 52.3. The Balaban J connectivity index is 1.23. The summed E-state index contributed by atoms with van der Waals surface area (Å²) in [4.78, 5) is 63.8. The van der Waals surface area contributed by atoms with Crippen LogP contribution in [-0.2, 0) is 42.8 Å². The highest BCUT2D eigenvalue weighted by Crippen LogP contribution is 2.35. The molecule has 0 radical (unpaired) electrons. The normalized spacial score (nSPS) is 11.6. The quantitative estimate of drug-likeness (QED) is 0.0188. The lowest BCUT2D eigenvalue weighted by Gasteiger charge is -2.26. The van der Waals surface area contributed by atoms with Gasteiger partial charge in [0, 0.05) is 41.7 Å². The minimum atomic E-state index is -0.720. The fraction of sp³-hybridized carbons (Fsp3) is 0.489. The van der Waals surface area contributed by atoms with Crippen LogP contribution in [0.4, 0.5) is 10.7 Å². The fourth-order valence-electron chi connectivity index (χ4n) is 6.39. The molecule has 3 amide bonds. The highest BCUT2D eigenvalue weighted by Gasteiger charge is 2.25. The van der Waals surface area contributed by atoms with Gasteiger partial charge in [-0.05, 0) is 80.3 Å². The predicted octanol–water partition coefficient (Wildman–Crippen LogP) is 6.81. The Hall–Kier alpha value is -6.37. The van der Waals surface area contributed by atoms with E-state index in [-0.39, 0.29) is 37.8 Å². The van der Waals surface area contributed by atoms with Crippen molar-refractivity contribution < 1.29 is 52.3 Å². The largest absolute Gasteiger partial charge is 0.491 e. The Morgan fingerprint density at radius 1 is 0.803 bits per heavy atom. The molecule has 1 aromatic heterocycles. The molecule has 19 heteroatoms. The molecule has 1 atom stereocenters. The van der Waals surface area contributed by atoms with Gasteiger partial charge in [-0.3, -0.25) is 14.4 Å². The number of esters is 1. The number of benzene rings is 3. The van der Waals surface area contributed by atoms with E-state index < -0.39 is 29.6 Å². The smallest absolute Gasteiger partial charge is 0.417 e. The molecule has 0 spiro atoms. The number of carbonyl (C=O) groups is 4. The van der Waals surface area contributed by atoms with E-state index >= 15 is 0 Å². The van der Waals surface area contributed by atoms with Crippen molar-refractivity contribution in [3.8, 4) is 16.9 Å². The number of azide groups is 1. The zero-order chi connectivity index (χ0) is 47.6. The van der Waals surface area contributed by atoms with Crippen molar-refractivity contribution >= 4 is 40.6 Å². The van der Waals surface area contributed by atoms with Crippen LogP contribution in [0.1, 0.15) is 63.8 Å². The number of nitrogens with one attached hydrogen (secondary N) is 2. The Kier molecular flexibility index (Phi) is 22.6. The lowest BCUT2D eigenvalue weighted by atomic mass is 9.95. The summed E-state index contributed by atoms with van der Waals surface area (Å²) in [5, 5.41) is 10.8. The summed E-state index contributed by atoms with van der Waals surface area (Å²) in [5.41, 5.74) is 10.8. The molecule has 0 saturated carbocycles. The van der Waals surface area contributed by atoms with Gasteiger partial charge >= 0.3 is 12.1 Å². The average molecular weight is 915 g/mol. The molecule has 0 fully saturated rings. The van der Waals surface area contributed by atoms with Gasteiger partial charge in [-0.2, -0.15) is 0 Å². The van der Waals surface area contributed by atoms with Crippen LogP contribution in [0.3, 0.4) is 0 Å².